The number of aryl methyl sites for hydroxylation is 1. The molecule has 0 saturated carbocycles. The number of hydrogen-bond acceptors (Lipinski definition) is 1. The summed E-state index contributed by atoms with van der Waals surface area (Å²) in [5, 5.41) is 0. The van der Waals surface area contributed by atoms with E-state index in [1.54, 1.807) is 0 Å². The molecule has 0 aromatic heterocycles. The number of fused-ring (bicyclic) bond motifs is 1. The van der Waals surface area contributed by atoms with Crippen molar-refractivity contribution in [1.29, 1.82) is 0 Å². The minimum atomic E-state index is -0.294. The Bertz CT molecular complexity index is 791. The summed E-state index contributed by atoms with van der Waals surface area (Å²) >= 11 is 0. The summed E-state index contributed by atoms with van der Waals surface area (Å²) in [5.41, 5.74) is 4.27. The van der Waals surface area contributed by atoms with E-state index in [0.29, 0.717) is 0 Å². The van der Waals surface area contributed by atoms with E-state index < -0.39 is 0 Å². The number of nitrogens with zero attached hydrogens (tertiary/aromatic N) is 1. The molecular weight excluding hydrogens is 294 g/mol. The van der Waals surface area contributed by atoms with Crippen LogP contribution in [-0.2, 0) is 10.2 Å². The van der Waals surface area contributed by atoms with Crippen LogP contribution in [0.5, 0.6) is 0 Å². The van der Waals surface area contributed by atoms with Gasteiger partial charge in [-0.2, -0.15) is 0 Å². The van der Waals surface area contributed by atoms with E-state index in [2.05, 4.69) is 76.7 Å². The lowest BCUT2D eigenvalue weighted by Gasteiger charge is -2.51. The van der Waals surface area contributed by atoms with E-state index in [-0.39, 0.29) is 16.9 Å². The molecule has 124 valence electrons. The quantitative estimate of drug-likeness (QED) is 0.713. The van der Waals surface area contributed by atoms with Crippen LogP contribution in [0.1, 0.15) is 43.9 Å². The molecule has 0 spiro atoms. The van der Waals surface area contributed by atoms with Gasteiger partial charge in [0.15, 0.2) is 0 Å². The molecule has 0 aliphatic carbocycles. The van der Waals surface area contributed by atoms with Crippen molar-refractivity contribution in [3.8, 4) is 0 Å². The van der Waals surface area contributed by atoms with Crippen molar-refractivity contribution < 1.29 is 4.79 Å². The van der Waals surface area contributed by atoms with Crippen LogP contribution < -0.4 is 4.90 Å². The van der Waals surface area contributed by atoms with Gasteiger partial charge in [0.05, 0.1) is 0 Å². The first kappa shape index (κ1) is 16.5. The van der Waals surface area contributed by atoms with Crippen LogP contribution >= 0.6 is 0 Å². The van der Waals surface area contributed by atoms with Gasteiger partial charge in [-0.3, -0.25) is 4.79 Å². The Kier molecular flexibility index (Phi) is 3.87. The molecule has 1 atom stereocenters. The molecule has 1 heterocycles. The van der Waals surface area contributed by atoms with Crippen LogP contribution in [0.3, 0.4) is 0 Å². The summed E-state index contributed by atoms with van der Waals surface area (Å²) in [7, 11) is 0. The second-order valence-corrected chi connectivity index (χ2v) is 7.59. The van der Waals surface area contributed by atoms with Gasteiger partial charge in [0.1, 0.15) is 0 Å². The summed E-state index contributed by atoms with van der Waals surface area (Å²) in [4.78, 5) is 14.5. The predicted octanol–water partition coefficient (Wildman–Crippen LogP) is 5.00. The van der Waals surface area contributed by atoms with Crippen LogP contribution in [0.2, 0.25) is 0 Å². The third-order valence-electron chi connectivity index (χ3n) is 5.18. The van der Waals surface area contributed by atoms with E-state index in [0.717, 1.165) is 12.1 Å². The average Bonchev–Trinajstić information content (AvgIpc) is 2.55. The van der Waals surface area contributed by atoms with Crippen molar-refractivity contribution >= 4 is 11.6 Å². The van der Waals surface area contributed by atoms with E-state index in [4.69, 9.17) is 0 Å². The number of benzene rings is 2. The van der Waals surface area contributed by atoms with Gasteiger partial charge in [-0.25, -0.2) is 0 Å². The smallest absolute Gasteiger partial charge is 0.250 e. The fraction of sp³-hybridized carbons (Fsp3) is 0.318. The highest BCUT2D eigenvalue weighted by Gasteiger charge is 2.47. The zero-order valence-electron chi connectivity index (χ0n) is 15.0. The minimum Gasteiger partial charge on any atom is -0.303 e. The minimum absolute atomic E-state index is 0.0415. The highest BCUT2D eigenvalue weighted by Crippen LogP contribution is 2.50. The van der Waals surface area contributed by atoms with Gasteiger partial charge >= 0.3 is 0 Å². The van der Waals surface area contributed by atoms with E-state index in [9.17, 15) is 4.79 Å². The standard InChI is InChI=1S/C22H25NO/c1-6-20(24)23-19-13-12-16(2)14-18(19)22(5,15-21(23,3)4)17-10-8-7-9-11-17/h6-14H,1,15H2,2-5H3/t22-/m1/s1. The zero-order valence-corrected chi connectivity index (χ0v) is 15.0. The van der Waals surface area contributed by atoms with Crippen LogP contribution in [-0.4, -0.2) is 11.4 Å². The Balaban J connectivity index is 2.30. The van der Waals surface area contributed by atoms with E-state index in [1.807, 2.05) is 11.0 Å². The summed E-state index contributed by atoms with van der Waals surface area (Å²) < 4.78 is 0. The highest BCUT2D eigenvalue weighted by atomic mass is 16.2. The second kappa shape index (κ2) is 5.62. The Hall–Kier alpha value is -2.35. The van der Waals surface area contributed by atoms with Gasteiger partial charge in [-0.05, 0) is 50.5 Å². The van der Waals surface area contributed by atoms with Crippen LogP contribution in [0.4, 0.5) is 5.69 Å². The Morgan fingerprint density at radius 3 is 2.42 bits per heavy atom. The molecule has 2 aromatic rings. The number of rotatable bonds is 2. The van der Waals surface area contributed by atoms with Crippen molar-refractivity contribution in [3.63, 3.8) is 0 Å². The molecule has 0 N–H and O–H groups in total. The van der Waals surface area contributed by atoms with Crippen LogP contribution in [0, 0.1) is 6.92 Å². The molecule has 0 saturated heterocycles. The maximum Gasteiger partial charge on any atom is 0.250 e. The Labute approximate surface area is 144 Å². The molecule has 1 amide bonds. The molecule has 2 aromatic carbocycles. The first-order chi connectivity index (χ1) is 11.3. The number of anilines is 1. The number of carbonyl (C=O) groups excluding carboxylic acids is 1. The normalized spacial score (nSPS) is 21.9. The van der Waals surface area contributed by atoms with Crippen molar-refractivity contribution in [2.24, 2.45) is 0 Å². The molecule has 0 fully saturated rings. The van der Waals surface area contributed by atoms with E-state index in [1.165, 1.54) is 22.8 Å². The first-order valence-corrected chi connectivity index (χ1v) is 8.43. The molecule has 1 aliphatic rings. The molecule has 0 bridgehead atoms. The molecule has 1 aliphatic heterocycles. The van der Waals surface area contributed by atoms with Crippen LogP contribution in [0.15, 0.2) is 61.2 Å². The van der Waals surface area contributed by atoms with Gasteiger partial charge in [0.25, 0.3) is 5.91 Å². The SMILES string of the molecule is C=CC(=O)N1c2ccc(C)cc2[C@@](C)(c2ccccc2)CC1(C)C. The monoisotopic (exact) mass is 319 g/mol. The summed E-state index contributed by atoms with van der Waals surface area (Å²) in [5.74, 6) is -0.0415. The lowest BCUT2D eigenvalue weighted by molar-refractivity contribution is -0.115. The first-order valence-electron chi connectivity index (χ1n) is 8.43. The molecule has 0 radical (unpaired) electrons. The van der Waals surface area contributed by atoms with Gasteiger partial charge in [-0.1, -0.05) is 61.5 Å². The zero-order chi connectivity index (χ0) is 17.5. The molecule has 0 unspecified atom stereocenters. The molecule has 2 heteroatoms. The van der Waals surface area contributed by atoms with Crippen molar-refractivity contribution in [2.75, 3.05) is 4.90 Å². The fourth-order valence-corrected chi connectivity index (χ4v) is 4.22. The van der Waals surface area contributed by atoms with Gasteiger partial charge < -0.3 is 4.90 Å². The average molecular weight is 319 g/mol. The summed E-state index contributed by atoms with van der Waals surface area (Å²) in [6, 6.07) is 17.0. The highest BCUT2D eigenvalue weighted by molar-refractivity contribution is 6.03. The lowest BCUT2D eigenvalue weighted by atomic mass is 9.65. The third-order valence-corrected chi connectivity index (χ3v) is 5.18. The topological polar surface area (TPSA) is 20.3 Å². The summed E-state index contributed by atoms with van der Waals surface area (Å²) in [6.07, 6.45) is 2.27. The lowest BCUT2D eigenvalue weighted by Crippen LogP contribution is -2.55. The third kappa shape index (κ3) is 2.47. The van der Waals surface area contributed by atoms with Crippen LogP contribution in [0.25, 0.3) is 0 Å². The number of amides is 1. The predicted molar refractivity (Wildman–Crippen MR) is 100 cm³/mol. The number of hydrogen-bond donors (Lipinski definition) is 0. The maximum atomic E-state index is 12.6. The maximum absolute atomic E-state index is 12.6. The Morgan fingerprint density at radius 1 is 1.12 bits per heavy atom. The molecule has 3 rings (SSSR count). The molecule has 24 heavy (non-hydrogen) atoms. The fourth-order valence-electron chi connectivity index (χ4n) is 4.22. The van der Waals surface area contributed by atoms with Gasteiger partial charge in [0, 0.05) is 16.6 Å². The van der Waals surface area contributed by atoms with Gasteiger partial charge in [0.2, 0.25) is 0 Å². The van der Waals surface area contributed by atoms with E-state index >= 15 is 0 Å². The van der Waals surface area contributed by atoms with Gasteiger partial charge in [-0.15, -0.1) is 0 Å². The molecule has 2 nitrogen and oxygen atoms in total. The molecular formula is C22H25NO. The Morgan fingerprint density at radius 2 is 1.79 bits per heavy atom. The largest absolute Gasteiger partial charge is 0.303 e. The van der Waals surface area contributed by atoms with Crippen molar-refractivity contribution in [1.82, 2.24) is 0 Å². The van der Waals surface area contributed by atoms with Crippen molar-refractivity contribution in [3.05, 3.63) is 77.9 Å². The second-order valence-electron chi connectivity index (χ2n) is 7.59. The summed E-state index contributed by atoms with van der Waals surface area (Å²) in [6.45, 7) is 12.4. The van der Waals surface area contributed by atoms with Crippen molar-refractivity contribution in [2.45, 2.75) is 45.1 Å². The number of carbonyl (C=O) groups is 1.